The molecule has 0 saturated heterocycles. The standard InChI is InChI=1S/C24H21N3O.H2/c1-25-24(28)18-9-7-16(8-10-18)19-11-12-20-22(15-19)27-21(13-14-23(27)26-20)17-5-3-2-4-6-17;/h2-12,15,21H,13-14H2,1H3,(H,25,28);1H. The number of imidazole rings is 1. The molecule has 28 heavy (non-hydrogen) atoms. The van der Waals surface area contributed by atoms with Crippen molar-refractivity contribution in [2.45, 2.75) is 18.9 Å². The second-order valence-corrected chi connectivity index (χ2v) is 7.22. The van der Waals surface area contributed by atoms with Gasteiger partial charge in [0.1, 0.15) is 5.82 Å². The van der Waals surface area contributed by atoms with E-state index in [1.165, 1.54) is 11.1 Å². The van der Waals surface area contributed by atoms with Crippen molar-refractivity contribution in [1.82, 2.24) is 14.9 Å². The molecule has 0 spiro atoms. The summed E-state index contributed by atoms with van der Waals surface area (Å²) < 4.78 is 2.40. The summed E-state index contributed by atoms with van der Waals surface area (Å²) in [5, 5.41) is 2.66. The molecule has 5 rings (SSSR count). The first-order valence-electron chi connectivity index (χ1n) is 9.63. The number of carbonyl (C=O) groups excluding carboxylic acids is 1. The lowest BCUT2D eigenvalue weighted by molar-refractivity contribution is 0.0963. The first-order valence-corrected chi connectivity index (χ1v) is 9.63. The highest BCUT2D eigenvalue weighted by Gasteiger charge is 2.27. The molecule has 0 bridgehead atoms. The van der Waals surface area contributed by atoms with Crippen LogP contribution in [0, 0.1) is 0 Å². The largest absolute Gasteiger partial charge is 0.355 e. The van der Waals surface area contributed by atoms with Gasteiger partial charge in [-0.15, -0.1) is 0 Å². The second kappa shape index (κ2) is 6.64. The summed E-state index contributed by atoms with van der Waals surface area (Å²) in [5.74, 6) is 1.09. The Morgan fingerprint density at radius 2 is 1.79 bits per heavy atom. The van der Waals surface area contributed by atoms with Gasteiger partial charge in [-0.3, -0.25) is 4.79 Å². The number of hydrogen-bond donors (Lipinski definition) is 1. The summed E-state index contributed by atoms with van der Waals surface area (Å²) in [6.07, 6.45) is 2.09. The van der Waals surface area contributed by atoms with Crippen LogP contribution in [-0.2, 0) is 6.42 Å². The van der Waals surface area contributed by atoms with Gasteiger partial charge in [0.15, 0.2) is 0 Å². The van der Waals surface area contributed by atoms with E-state index in [-0.39, 0.29) is 7.33 Å². The Hall–Kier alpha value is -3.40. The fourth-order valence-electron chi connectivity index (χ4n) is 4.19. The summed E-state index contributed by atoms with van der Waals surface area (Å²) in [5.41, 5.74) is 6.45. The van der Waals surface area contributed by atoms with Crippen LogP contribution in [-0.4, -0.2) is 22.5 Å². The van der Waals surface area contributed by atoms with E-state index >= 15 is 0 Å². The smallest absolute Gasteiger partial charge is 0.251 e. The summed E-state index contributed by atoms with van der Waals surface area (Å²) in [7, 11) is 1.65. The predicted octanol–water partition coefficient (Wildman–Crippen LogP) is 4.84. The Morgan fingerprint density at radius 3 is 2.54 bits per heavy atom. The van der Waals surface area contributed by atoms with Crippen LogP contribution in [0.3, 0.4) is 0 Å². The van der Waals surface area contributed by atoms with E-state index in [1.807, 2.05) is 24.3 Å². The highest BCUT2D eigenvalue weighted by atomic mass is 16.1. The van der Waals surface area contributed by atoms with Gasteiger partial charge in [0, 0.05) is 20.5 Å². The van der Waals surface area contributed by atoms with Crippen molar-refractivity contribution < 1.29 is 6.22 Å². The second-order valence-electron chi connectivity index (χ2n) is 7.22. The molecule has 0 saturated carbocycles. The molecule has 4 aromatic rings. The first kappa shape index (κ1) is 16.8. The number of aryl methyl sites for hydroxylation is 1. The van der Waals surface area contributed by atoms with E-state index in [1.54, 1.807) is 7.05 Å². The lowest BCUT2D eigenvalue weighted by atomic mass is 10.0. The Balaban J connectivity index is 0.00000205. The zero-order chi connectivity index (χ0) is 19.1. The SMILES string of the molecule is CNC(=O)c1ccc(-c2ccc3nc4n(c3c2)C(c2ccccc2)CC4)cc1.[HH]. The van der Waals surface area contributed by atoms with Crippen molar-refractivity contribution in [3.8, 4) is 11.1 Å². The van der Waals surface area contributed by atoms with Gasteiger partial charge in [0.25, 0.3) is 5.91 Å². The first-order chi connectivity index (χ1) is 13.7. The average Bonchev–Trinajstić information content (AvgIpc) is 3.33. The molecule has 4 nitrogen and oxygen atoms in total. The molecule has 4 heteroatoms. The van der Waals surface area contributed by atoms with Crippen molar-refractivity contribution in [2.24, 2.45) is 0 Å². The van der Waals surface area contributed by atoms with Crippen molar-refractivity contribution in [3.05, 3.63) is 89.7 Å². The molecular weight excluding hydrogens is 346 g/mol. The minimum Gasteiger partial charge on any atom is -0.355 e. The van der Waals surface area contributed by atoms with Gasteiger partial charge < -0.3 is 9.88 Å². The van der Waals surface area contributed by atoms with Crippen molar-refractivity contribution in [3.63, 3.8) is 0 Å². The zero-order valence-electron chi connectivity index (χ0n) is 15.7. The predicted molar refractivity (Wildman–Crippen MR) is 114 cm³/mol. The summed E-state index contributed by atoms with van der Waals surface area (Å²) >= 11 is 0. The van der Waals surface area contributed by atoms with E-state index in [2.05, 4.69) is 58.4 Å². The third-order valence-electron chi connectivity index (χ3n) is 5.61. The third-order valence-corrected chi connectivity index (χ3v) is 5.61. The summed E-state index contributed by atoms with van der Waals surface area (Å²) in [4.78, 5) is 16.6. The van der Waals surface area contributed by atoms with E-state index in [9.17, 15) is 4.79 Å². The number of hydrogen-bond acceptors (Lipinski definition) is 2. The minimum atomic E-state index is -0.0682. The fourth-order valence-corrected chi connectivity index (χ4v) is 4.19. The van der Waals surface area contributed by atoms with Crippen molar-refractivity contribution in [1.29, 1.82) is 0 Å². The molecule has 1 N–H and O–H groups in total. The van der Waals surface area contributed by atoms with Gasteiger partial charge in [0.05, 0.1) is 17.1 Å². The normalized spacial score (nSPS) is 15.5. The van der Waals surface area contributed by atoms with Crippen LogP contribution in [0.4, 0.5) is 0 Å². The van der Waals surface area contributed by atoms with Gasteiger partial charge in [0.2, 0.25) is 0 Å². The van der Waals surface area contributed by atoms with Gasteiger partial charge in [-0.1, -0.05) is 48.5 Å². The van der Waals surface area contributed by atoms with E-state index in [0.717, 1.165) is 35.3 Å². The third kappa shape index (κ3) is 2.69. The molecule has 140 valence electrons. The average molecular weight is 369 g/mol. The number of nitrogens with one attached hydrogen (secondary N) is 1. The molecule has 0 aliphatic carbocycles. The Bertz CT molecular complexity index is 1170. The number of aromatic nitrogens is 2. The number of rotatable bonds is 3. The van der Waals surface area contributed by atoms with Gasteiger partial charge in [-0.05, 0) is 47.4 Å². The maximum absolute atomic E-state index is 11.8. The summed E-state index contributed by atoms with van der Waals surface area (Å²) in [6, 6.07) is 25.2. The highest BCUT2D eigenvalue weighted by molar-refractivity contribution is 5.94. The zero-order valence-corrected chi connectivity index (χ0v) is 15.7. The quantitative estimate of drug-likeness (QED) is 0.561. The van der Waals surface area contributed by atoms with Crippen LogP contribution in [0.5, 0.6) is 0 Å². The lowest BCUT2D eigenvalue weighted by Crippen LogP contribution is -2.17. The van der Waals surface area contributed by atoms with E-state index in [0.29, 0.717) is 11.6 Å². The Labute approximate surface area is 165 Å². The molecule has 1 aliphatic rings. The Kier molecular flexibility index (Phi) is 3.97. The molecular formula is C24H23N3O. The molecule has 0 radical (unpaired) electrons. The number of amides is 1. The number of nitrogens with zero attached hydrogens (tertiary/aromatic N) is 2. The van der Waals surface area contributed by atoms with Crippen LogP contribution in [0.2, 0.25) is 0 Å². The van der Waals surface area contributed by atoms with Crippen LogP contribution in [0.1, 0.15) is 35.6 Å². The fraction of sp³-hybridized carbons (Fsp3) is 0.167. The Morgan fingerprint density at radius 1 is 1.04 bits per heavy atom. The molecule has 0 fully saturated rings. The molecule has 1 aromatic heterocycles. The van der Waals surface area contributed by atoms with Crippen LogP contribution in [0.25, 0.3) is 22.2 Å². The van der Waals surface area contributed by atoms with Crippen LogP contribution >= 0.6 is 0 Å². The monoisotopic (exact) mass is 369 g/mol. The van der Waals surface area contributed by atoms with E-state index in [4.69, 9.17) is 4.98 Å². The van der Waals surface area contributed by atoms with Crippen molar-refractivity contribution in [2.75, 3.05) is 7.05 Å². The maximum Gasteiger partial charge on any atom is 0.251 e. The molecule has 1 amide bonds. The van der Waals surface area contributed by atoms with Gasteiger partial charge in [-0.2, -0.15) is 0 Å². The highest BCUT2D eigenvalue weighted by Crippen LogP contribution is 2.36. The van der Waals surface area contributed by atoms with Gasteiger partial charge in [-0.25, -0.2) is 4.98 Å². The molecule has 1 atom stereocenters. The molecule has 1 unspecified atom stereocenters. The van der Waals surface area contributed by atoms with Crippen molar-refractivity contribution >= 4 is 16.9 Å². The van der Waals surface area contributed by atoms with Crippen LogP contribution < -0.4 is 5.32 Å². The van der Waals surface area contributed by atoms with Crippen LogP contribution in [0.15, 0.2) is 72.8 Å². The number of fused-ring (bicyclic) bond motifs is 3. The summed E-state index contributed by atoms with van der Waals surface area (Å²) in [6.45, 7) is 0. The topological polar surface area (TPSA) is 46.9 Å². The van der Waals surface area contributed by atoms with E-state index < -0.39 is 0 Å². The van der Waals surface area contributed by atoms with Gasteiger partial charge >= 0.3 is 0 Å². The molecule has 2 heterocycles. The lowest BCUT2D eigenvalue weighted by Gasteiger charge is -2.15. The maximum atomic E-state index is 11.8. The number of benzene rings is 3. The molecule has 3 aromatic carbocycles. The minimum absolute atomic E-state index is 0. The number of carbonyl (C=O) groups is 1. The molecule has 1 aliphatic heterocycles.